The van der Waals surface area contributed by atoms with E-state index in [-0.39, 0.29) is 24.5 Å². The van der Waals surface area contributed by atoms with E-state index in [1.54, 1.807) is 61.3 Å². The van der Waals surface area contributed by atoms with Crippen molar-refractivity contribution in [3.63, 3.8) is 0 Å². The first kappa shape index (κ1) is 19.2. The number of urea groups is 1. The van der Waals surface area contributed by atoms with E-state index < -0.39 is 24.0 Å². The highest BCUT2D eigenvalue weighted by atomic mass is 16.5. The molecule has 0 bridgehead atoms. The third kappa shape index (κ3) is 4.20. The van der Waals surface area contributed by atoms with Crippen LogP contribution in [0.5, 0.6) is 0 Å². The van der Waals surface area contributed by atoms with Crippen LogP contribution in [0.4, 0.5) is 4.79 Å². The van der Waals surface area contributed by atoms with Gasteiger partial charge in [-0.3, -0.25) is 0 Å². The number of carbonyl (C=O) groups is 3. The zero-order valence-corrected chi connectivity index (χ0v) is 15.5. The zero-order valence-electron chi connectivity index (χ0n) is 15.5. The molecule has 9 heteroatoms. The molecule has 2 amide bonds. The quantitative estimate of drug-likeness (QED) is 0.731. The molecule has 1 aliphatic heterocycles. The van der Waals surface area contributed by atoms with E-state index in [1.807, 2.05) is 0 Å². The first-order valence-corrected chi connectivity index (χ1v) is 8.74. The smallest absolute Gasteiger partial charge is 0.338 e. The maximum absolute atomic E-state index is 12.3. The molecular weight excluding hydrogens is 364 g/mol. The fourth-order valence-electron chi connectivity index (χ4n) is 2.79. The monoisotopic (exact) mass is 384 g/mol. The second kappa shape index (κ2) is 8.38. The van der Waals surface area contributed by atoms with E-state index in [4.69, 9.17) is 9.47 Å². The molecule has 3 rings (SSSR count). The molecule has 9 nitrogen and oxygen atoms in total. The van der Waals surface area contributed by atoms with Crippen molar-refractivity contribution in [2.45, 2.75) is 19.9 Å². The molecule has 1 aromatic heterocycles. The average Bonchev–Trinajstić information content (AvgIpc) is 3.20. The van der Waals surface area contributed by atoms with Crippen molar-refractivity contribution >= 4 is 18.0 Å². The minimum atomic E-state index is -0.580. The van der Waals surface area contributed by atoms with Crippen molar-refractivity contribution in [3.8, 4) is 5.69 Å². The minimum Gasteiger partial charge on any atom is -0.463 e. The summed E-state index contributed by atoms with van der Waals surface area (Å²) in [7, 11) is 0. The predicted octanol–water partition coefficient (Wildman–Crippen LogP) is 1.55. The van der Waals surface area contributed by atoms with Crippen LogP contribution in [-0.4, -0.2) is 47.0 Å². The third-order valence-corrected chi connectivity index (χ3v) is 4.09. The Kier molecular flexibility index (Phi) is 5.73. The van der Waals surface area contributed by atoms with E-state index >= 15 is 0 Å². The number of aromatic nitrogens is 2. The summed E-state index contributed by atoms with van der Waals surface area (Å²) in [6.45, 7) is 3.27. The Bertz CT molecular complexity index is 903. The first-order valence-electron chi connectivity index (χ1n) is 8.74. The van der Waals surface area contributed by atoms with Gasteiger partial charge in [0.15, 0.2) is 0 Å². The average molecular weight is 384 g/mol. The topological polar surface area (TPSA) is 112 Å². The van der Waals surface area contributed by atoms with E-state index in [0.717, 1.165) is 5.69 Å². The van der Waals surface area contributed by atoms with Crippen LogP contribution in [0.3, 0.4) is 0 Å². The van der Waals surface area contributed by atoms with Crippen LogP contribution in [0.25, 0.3) is 5.69 Å². The van der Waals surface area contributed by atoms with Crippen molar-refractivity contribution < 1.29 is 23.9 Å². The molecule has 1 atom stereocenters. The summed E-state index contributed by atoms with van der Waals surface area (Å²) in [6.07, 6.45) is 3.45. The van der Waals surface area contributed by atoms with E-state index in [2.05, 4.69) is 15.7 Å². The second-order valence-corrected chi connectivity index (χ2v) is 6.01. The van der Waals surface area contributed by atoms with Gasteiger partial charge in [0.05, 0.1) is 35.2 Å². The van der Waals surface area contributed by atoms with Gasteiger partial charge in [0, 0.05) is 12.4 Å². The molecule has 146 valence electrons. The normalized spacial score (nSPS) is 16.2. The van der Waals surface area contributed by atoms with E-state index in [9.17, 15) is 14.4 Å². The van der Waals surface area contributed by atoms with Crippen LogP contribution in [-0.2, 0) is 14.3 Å². The lowest BCUT2D eigenvalue weighted by atomic mass is 10.0. The molecule has 0 radical (unpaired) electrons. The SMILES string of the molecule is CCOC(=O)C1=C(COC(=O)c2ccc(-n3cccn3)cc2)NC(=O)N[C@H]1C. The van der Waals surface area contributed by atoms with Gasteiger partial charge >= 0.3 is 18.0 Å². The number of benzene rings is 1. The lowest BCUT2D eigenvalue weighted by Crippen LogP contribution is -2.50. The van der Waals surface area contributed by atoms with Crippen molar-refractivity contribution in [2.75, 3.05) is 13.2 Å². The van der Waals surface area contributed by atoms with Gasteiger partial charge < -0.3 is 20.1 Å². The van der Waals surface area contributed by atoms with Crippen LogP contribution in [0.1, 0.15) is 24.2 Å². The molecule has 0 fully saturated rings. The highest BCUT2D eigenvalue weighted by Crippen LogP contribution is 2.16. The van der Waals surface area contributed by atoms with Crippen LogP contribution in [0.15, 0.2) is 54.0 Å². The molecule has 2 aromatic rings. The Morgan fingerprint density at radius 1 is 1.18 bits per heavy atom. The number of nitrogens with one attached hydrogen (secondary N) is 2. The van der Waals surface area contributed by atoms with Crippen molar-refractivity contribution in [1.29, 1.82) is 0 Å². The van der Waals surface area contributed by atoms with Crippen LogP contribution >= 0.6 is 0 Å². The summed E-state index contributed by atoms with van der Waals surface area (Å²) in [6, 6.07) is 7.46. The Morgan fingerprint density at radius 3 is 2.57 bits per heavy atom. The molecule has 1 aromatic carbocycles. The summed E-state index contributed by atoms with van der Waals surface area (Å²) in [5.74, 6) is -1.15. The van der Waals surface area contributed by atoms with Gasteiger partial charge in [0.2, 0.25) is 0 Å². The predicted molar refractivity (Wildman–Crippen MR) is 98.6 cm³/mol. The van der Waals surface area contributed by atoms with E-state index in [1.165, 1.54) is 0 Å². The first-order chi connectivity index (χ1) is 13.5. The third-order valence-electron chi connectivity index (χ3n) is 4.09. The largest absolute Gasteiger partial charge is 0.463 e. The molecule has 2 N–H and O–H groups in total. The molecular formula is C19H20N4O5. The Labute approximate surface area is 161 Å². The van der Waals surface area contributed by atoms with Gasteiger partial charge in [-0.05, 0) is 44.2 Å². The van der Waals surface area contributed by atoms with Crippen molar-refractivity contribution in [3.05, 3.63) is 59.6 Å². The molecule has 28 heavy (non-hydrogen) atoms. The summed E-state index contributed by atoms with van der Waals surface area (Å²) in [5.41, 5.74) is 1.57. The van der Waals surface area contributed by atoms with Gasteiger partial charge in [0.1, 0.15) is 6.61 Å². The molecule has 0 unspecified atom stereocenters. The number of amides is 2. The zero-order chi connectivity index (χ0) is 20.1. The number of esters is 2. The Morgan fingerprint density at radius 2 is 1.93 bits per heavy atom. The standard InChI is InChI=1S/C19H20N4O5/c1-3-27-18(25)16-12(2)21-19(26)22-15(16)11-28-17(24)13-5-7-14(8-6-13)23-10-4-9-20-23/h4-10,12H,3,11H2,1-2H3,(H2,21,22,26)/t12-/m0/s1. The summed E-state index contributed by atoms with van der Waals surface area (Å²) in [5, 5.41) is 9.21. The number of carbonyl (C=O) groups excluding carboxylic acids is 3. The van der Waals surface area contributed by atoms with Gasteiger partial charge in [-0.15, -0.1) is 0 Å². The number of nitrogens with zero attached hydrogens (tertiary/aromatic N) is 2. The number of hydrogen-bond acceptors (Lipinski definition) is 6. The second-order valence-electron chi connectivity index (χ2n) is 6.01. The number of ether oxygens (including phenoxy) is 2. The van der Waals surface area contributed by atoms with Crippen LogP contribution in [0.2, 0.25) is 0 Å². The highest BCUT2D eigenvalue weighted by molar-refractivity contribution is 5.95. The maximum Gasteiger partial charge on any atom is 0.338 e. The Hall–Kier alpha value is -3.62. The molecule has 0 saturated heterocycles. The lowest BCUT2D eigenvalue weighted by Gasteiger charge is -2.26. The maximum atomic E-state index is 12.3. The van der Waals surface area contributed by atoms with Crippen molar-refractivity contribution in [1.82, 2.24) is 20.4 Å². The summed E-state index contributed by atoms with van der Waals surface area (Å²) in [4.78, 5) is 36.2. The summed E-state index contributed by atoms with van der Waals surface area (Å²) < 4.78 is 12.0. The van der Waals surface area contributed by atoms with Gasteiger partial charge in [0.25, 0.3) is 0 Å². The van der Waals surface area contributed by atoms with Gasteiger partial charge in [-0.2, -0.15) is 5.10 Å². The fraction of sp³-hybridized carbons (Fsp3) is 0.263. The van der Waals surface area contributed by atoms with Crippen LogP contribution in [0, 0.1) is 0 Å². The Balaban J connectivity index is 1.71. The molecule has 0 saturated carbocycles. The molecule has 2 heterocycles. The minimum absolute atomic E-state index is 0.193. The molecule has 0 spiro atoms. The highest BCUT2D eigenvalue weighted by Gasteiger charge is 2.30. The van der Waals surface area contributed by atoms with Gasteiger partial charge in [-0.25, -0.2) is 19.1 Å². The van der Waals surface area contributed by atoms with Crippen LogP contribution < -0.4 is 10.6 Å². The lowest BCUT2D eigenvalue weighted by molar-refractivity contribution is -0.139. The fourth-order valence-corrected chi connectivity index (χ4v) is 2.79. The molecule has 1 aliphatic rings. The summed E-state index contributed by atoms with van der Waals surface area (Å²) >= 11 is 0. The van der Waals surface area contributed by atoms with Gasteiger partial charge in [-0.1, -0.05) is 0 Å². The van der Waals surface area contributed by atoms with E-state index in [0.29, 0.717) is 5.56 Å². The van der Waals surface area contributed by atoms with Crippen molar-refractivity contribution in [2.24, 2.45) is 0 Å². The molecule has 0 aliphatic carbocycles. The number of rotatable bonds is 6. The number of hydrogen-bond donors (Lipinski definition) is 2.